The Morgan fingerprint density at radius 3 is 2.40 bits per heavy atom. The number of halogens is 3. The summed E-state index contributed by atoms with van der Waals surface area (Å²) >= 11 is 6.04. The zero-order valence-corrected chi connectivity index (χ0v) is 27.0. The van der Waals surface area contributed by atoms with E-state index < -0.39 is 50.4 Å². The van der Waals surface area contributed by atoms with Crippen molar-refractivity contribution in [1.82, 2.24) is 9.62 Å². The minimum absolute atomic E-state index is 0.0944. The number of ether oxygens (including phenoxy) is 3. The van der Waals surface area contributed by atoms with Gasteiger partial charge in [-0.3, -0.25) is 0 Å². The van der Waals surface area contributed by atoms with Gasteiger partial charge in [0.15, 0.2) is 11.6 Å². The number of methoxy groups -OCH3 is 2. The van der Waals surface area contributed by atoms with E-state index in [1.165, 1.54) is 19.1 Å². The van der Waals surface area contributed by atoms with Crippen LogP contribution in [-0.2, 0) is 16.4 Å². The number of carboxylic acid groups (broad SMARTS) is 1. The molecule has 9 nitrogen and oxygen atoms in total. The van der Waals surface area contributed by atoms with E-state index in [0.717, 1.165) is 11.6 Å². The van der Waals surface area contributed by atoms with Crippen LogP contribution in [0.15, 0.2) is 59.5 Å². The SMILES string of the molecule is COc1ccc(CC(NS(=O)(=O)c2cc(F)cc(OC[C@H]3CN(C(=O)O)CC[C@@H]3c3ccc(Cl)cc3)c2F)C(C)C)c(OC)c1. The quantitative estimate of drug-likeness (QED) is 0.232. The maximum absolute atomic E-state index is 15.8. The number of nitrogens with zero attached hydrogens (tertiary/aromatic N) is 1. The maximum atomic E-state index is 15.8. The summed E-state index contributed by atoms with van der Waals surface area (Å²) in [6, 6.07) is 13.0. The van der Waals surface area contributed by atoms with Crippen LogP contribution in [0.1, 0.15) is 37.3 Å². The van der Waals surface area contributed by atoms with Crippen LogP contribution >= 0.6 is 11.6 Å². The van der Waals surface area contributed by atoms with Crippen LogP contribution < -0.4 is 18.9 Å². The lowest BCUT2D eigenvalue weighted by Gasteiger charge is -2.37. The lowest BCUT2D eigenvalue weighted by Crippen LogP contribution is -2.44. The summed E-state index contributed by atoms with van der Waals surface area (Å²) in [6.07, 6.45) is -0.414. The Morgan fingerprint density at radius 1 is 1.07 bits per heavy atom. The average Bonchev–Trinajstić information content (AvgIpc) is 3.01. The largest absolute Gasteiger partial charge is 0.497 e. The number of sulfonamides is 1. The van der Waals surface area contributed by atoms with Crippen molar-refractivity contribution in [1.29, 1.82) is 0 Å². The third kappa shape index (κ3) is 8.36. The Kier molecular flexibility index (Phi) is 11.2. The fourth-order valence-electron chi connectivity index (χ4n) is 5.49. The van der Waals surface area contributed by atoms with Crippen LogP contribution in [0.25, 0.3) is 0 Å². The van der Waals surface area contributed by atoms with Crippen molar-refractivity contribution >= 4 is 27.7 Å². The van der Waals surface area contributed by atoms with Crippen LogP contribution in [0.2, 0.25) is 5.02 Å². The second-order valence-electron chi connectivity index (χ2n) is 11.3. The highest BCUT2D eigenvalue weighted by Gasteiger charge is 2.34. The van der Waals surface area contributed by atoms with Crippen LogP contribution in [0.3, 0.4) is 0 Å². The molecule has 4 rings (SSSR count). The highest BCUT2D eigenvalue weighted by molar-refractivity contribution is 7.89. The standard InChI is InChI=1S/C32H37ClF2N2O7S/c1-19(2)27(13-21-7-10-25(42-3)16-28(21)43-4)36-45(40,41)30-15-24(34)14-29(31(30)35)44-18-22-17-37(32(38)39)12-11-26(22)20-5-8-23(33)9-6-20/h5-10,14-16,19,22,26-27,36H,11-13,17-18H2,1-4H3,(H,38,39)/t22-,26-,27?/m1/s1. The van der Waals surface area contributed by atoms with E-state index in [1.807, 2.05) is 12.1 Å². The first-order chi connectivity index (χ1) is 21.3. The van der Waals surface area contributed by atoms with Gasteiger partial charge in [0.25, 0.3) is 0 Å². The van der Waals surface area contributed by atoms with Crippen LogP contribution in [-0.4, -0.2) is 64.5 Å². The fraction of sp³-hybridized carbons (Fsp3) is 0.406. The molecule has 1 fully saturated rings. The van der Waals surface area contributed by atoms with E-state index >= 15 is 4.39 Å². The highest BCUT2D eigenvalue weighted by atomic mass is 35.5. The summed E-state index contributed by atoms with van der Waals surface area (Å²) < 4.78 is 76.5. The van der Waals surface area contributed by atoms with E-state index in [9.17, 15) is 22.7 Å². The molecule has 244 valence electrons. The average molecular weight is 667 g/mol. The van der Waals surface area contributed by atoms with Gasteiger partial charge in [-0.25, -0.2) is 26.7 Å². The zero-order chi connectivity index (χ0) is 32.9. The van der Waals surface area contributed by atoms with Crippen molar-refractivity contribution in [2.75, 3.05) is 33.9 Å². The molecular weight excluding hydrogens is 630 g/mol. The first-order valence-electron chi connectivity index (χ1n) is 14.4. The number of rotatable bonds is 12. The van der Waals surface area contributed by atoms with Gasteiger partial charge in [-0.1, -0.05) is 43.6 Å². The van der Waals surface area contributed by atoms with Gasteiger partial charge in [-0.15, -0.1) is 0 Å². The summed E-state index contributed by atoms with van der Waals surface area (Å²) in [7, 11) is -1.56. The number of hydrogen-bond donors (Lipinski definition) is 2. The summed E-state index contributed by atoms with van der Waals surface area (Å²) in [5.41, 5.74) is 1.60. The van der Waals surface area contributed by atoms with Gasteiger partial charge in [0.2, 0.25) is 10.0 Å². The minimum atomic E-state index is -4.56. The Labute approximate surface area is 267 Å². The number of carbonyl (C=O) groups is 1. The molecule has 45 heavy (non-hydrogen) atoms. The van der Waals surface area contributed by atoms with Gasteiger partial charge >= 0.3 is 6.09 Å². The number of hydrogen-bond acceptors (Lipinski definition) is 6. The van der Waals surface area contributed by atoms with Gasteiger partial charge in [0.1, 0.15) is 22.2 Å². The zero-order valence-electron chi connectivity index (χ0n) is 25.4. The molecule has 0 spiro atoms. The summed E-state index contributed by atoms with van der Waals surface area (Å²) in [4.78, 5) is 12.1. The number of amides is 1. The molecule has 0 saturated carbocycles. The number of benzene rings is 3. The summed E-state index contributed by atoms with van der Waals surface area (Å²) in [5, 5.41) is 10.1. The first-order valence-corrected chi connectivity index (χ1v) is 16.3. The first kappa shape index (κ1) is 34.3. The van der Waals surface area contributed by atoms with Crippen molar-refractivity contribution in [2.45, 2.75) is 43.5 Å². The second-order valence-corrected chi connectivity index (χ2v) is 13.4. The molecule has 1 amide bonds. The van der Waals surface area contributed by atoms with Crippen molar-refractivity contribution in [3.05, 3.63) is 82.4 Å². The molecule has 13 heteroatoms. The van der Waals surface area contributed by atoms with Crippen molar-refractivity contribution in [3.8, 4) is 17.2 Å². The van der Waals surface area contributed by atoms with Gasteiger partial charge in [-0.2, -0.15) is 0 Å². The van der Waals surface area contributed by atoms with E-state index in [-0.39, 0.29) is 31.4 Å². The van der Waals surface area contributed by atoms with E-state index in [2.05, 4.69) is 4.72 Å². The molecule has 2 N–H and O–H groups in total. The van der Waals surface area contributed by atoms with Gasteiger partial charge < -0.3 is 24.2 Å². The van der Waals surface area contributed by atoms with Crippen LogP contribution in [0.4, 0.5) is 13.6 Å². The Bertz CT molecular complexity index is 1610. The molecule has 0 radical (unpaired) electrons. The smallest absolute Gasteiger partial charge is 0.407 e. The van der Waals surface area contributed by atoms with Gasteiger partial charge in [0.05, 0.1) is 20.8 Å². The Hall–Kier alpha value is -3.61. The van der Waals surface area contributed by atoms with Gasteiger partial charge in [-0.05, 0) is 60.1 Å². The molecule has 0 aromatic heterocycles. The monoisotopic (exact) mass is 666 g/mol. The molecule has 1 saturated heterocycles. The Balaban J connectivity index is 1.57. The molecule has 1 aliphatic rings. The lowest BCUT2D eigenvalue weighted by molar-refractivity contribution is 0.0926. The number of piperidine rings is 1. The molecule has 1 aliphatic heterocycles. The highest BCUT2D eigenvalue weighted by Crippen LogP contribution is 2.35. The molecule has 3 aromatic carbocycles. The second kappa shape index (κ2) is 14.7. The molecule has 0 aliphatic carbocycles. The summed E-state index contributed by atoms with van der Waals surface area (Å²) in [5.74, 6) is -2.59. The molecule has 1 unspecified atom stereocenters. The van der Waals surface area contributed by atoms with Crippen molar-refractivity contribution in [3.63, 3.8) is 0 Å². The van der Waals surface area contributed by atoms with Crippen molar-refractivity contribution in [2.24, 2.45) is 11.8 Å². The normalized spacial score (nSPS) is 17.6. The van der Waals surface area contributed by atoms with Crippen LogP contribution in [0, 0.1) is 23.5 Å². The van der Waals surface area contributed by atoms with E-state index in [1.54, 1.807) is 44.2 Å². The molecule has 3 aromatic rings. The predicted octanol–water partition coefficient (Wildman–Crippen LogP) is 6.34. The Morgan fingerprint density at radius 2 is 1.78 bits per heavy atom. The molecule has 3 atom stereocenters. The number of nitrogens with one attached hydrogen (secondary N) is 1. The van der Waals surface area contributed by atoms with E-state index in [0.29, 0.717) is 41.1 Å². The molecule has 1 heterocycles. The third-order valence-corrected chi connectivity index (χ3v) is 9.80. The lowest BCUT2D eigenvalue weighted by atomic mass is 9.81. The van der Waals surface area contributed by atoms with Crippen LogP contribution in [0.5, 0.6) is 17.2 Å². The maximum Gasteiger partial charge on any atom is 0.407 e. The molecule has 0 bridgehead atoms. The van der Waals surface area contributed by atoms with Crippen molar-refractivity contribution < 1.29 is 41.3 Å². The van der Waals surface area contributed by atoms with Gasteiger partial charge in [0, 0.05) is 42.2 Å². The molecular formula is C32H37ClF2N2O7S. The minimum Gasteiger partial charge on any atom is -0.497 e. The fourth-order valence-corrected chi connectivity index (χ4v) is 7.11. The topological polar surface area (TPSA) is 114 Å². The predicted molar refractivity (Wildman–Crippen MR) is 166 cm³/mol. The third-order valence-electron chi connectivity index (χ3n) is 8.06. The van der Waals surface area contributed by atoms with E-state index in [4.69, 9.17) is 25.8 Å². The number of likely N-dealkylation sites (tertiary alicyclic amines) is 1. The summed E-state index contributed by atoms with van der Waals surface area (Å²) in [6.45, 7) is 3.82.